The van der Waals surface area contributed by atoms with Crippen molar-refractivity contribution in [1.82, 2.24) is 0 Å². The lowest BCUT2D eigenvalue weighted by molar-refractivity contribution is 0.436. The Morgan fingerprint density at radius 2 is 1.00 bits per heavy atom. The lowest BCUT2D eigenvalue weighted by atomic mass is 9.76. The van der Waals surface area contributed by atoms with Crippen molar-refractivity contribution in [3.63, 3.8) is 0 Å². The Labute approximate surface area is 215 Å². The first-order chi connectivity index (χ1) is 17.4. The van der Waals surface area contributed by atoms with Gasteiger partial charge in [-0.2, -0.15) is 0 Å². The number of rotatable bonds is 5. The second-order valence-electron chi connectivity index (χ2n) is 11.2. The number of aryl methyl sites for hydroxylation is 2. The summed E-state index contributed by atoms with van der Waals surface area (Å²) in [5.41, 5.74) is 7.56. The fourth-order valence-corrected chi connectivity index (χ4v) is 6.82. The van der Waals surface area contributed by atoms with Crippen molar-refractivity contribution in [3.8, 4) is 17.2 Å². The van der Waals surface area contributed by atoms with Crippen LogP contribution in [0.1, 0.15) is 121 Å². The van der Waals surface area contributed by atoms with Crippen molar-refractivity contribution in [2.24, 2.45) is 0 Å². The van der Waals surface area contributed by atoms with E-state index >= 15 is 0 Å². The van der Waals surface area contributed by atoms with E-state index in [1.165, 1.54) is 75.3 Å². The smallest absolute Gasteiger partial charge is 0.120 e. The van der Waals surface area contributed by atoms with Gasteiger partial charge in [-0.15, -0.1) is 0 Å². The predicted octanol–water partition coefficient (Wildman–Crippen LogP) is 8.70. The standard InChI is InChI=1S/C33H40O3/c1-21-17-31(35)29(19-27(21)23-9-5-3-6-10-23)33(25-13-15-26(34)16-14-25)30-20-28(22(2)18-32(30)36)24-11-7-4-8-12-24/h13-20,23-24,33-36H,3-12H2,1-2H3. The molecule has 3 heteroatoms. The molecule has 0 radical (unpaired) electrons. The summed E-state index contributed by atoms with van der Waals surface area (Å²) in [5.74, 6) is 1.46. The number of aromatic hydroxyl groups is 3. The maximum absolute atomic E-state index is 11.3. The van der Waals surface area contributed by atoms with Crippen molar-refractivity contribution < 1.29 is 15.3 Å². The molecule has 190 valence electrons. The van der Waals surface area contributed by atoms with Crippen LogP contribution in [0.3, 0.4) is 0 Å². The van der Waals surface area contributed by atoms with E-state index in [4.69, 9.17) is 0 Å². The summed E-state index contributed by atoms with van der Waals surface area (Å²) < 4.78 is 0. The largest absolute Gasteiger partial charge is 0.508 e. The number of hydrogen-bond acceptors (Lipinski definition) is 3. The SMILES string of the molecule is Cc1cc(O)c(C(c2ccc(O)cc2)c2cc(C3CCCCC3)c(C)cc2O)cc1C1CCCCC1. The molecule has 0 heterocycles. The molecule has 3 nitrogen and oxygen atoms in total. The molecule has 3 N–H and O–H groups in total. The van der Waals surface area contributed by atoms with Gasteiger partial charge in [0.05, 0.1) is 0 Å². The molecule has 0 aliphatic heterocycles. The second-order valence-corrected chi connectivity index (χ2v) is 11.2. The Morgan fingerprint density at radius 3 is 1.42 bits per heavy atom. The number of benzene rings is 3. The molecule has 2 fully saturated rings. The molecule has 0 saturated heterocycles. The highest BCUT2D eigenvalue weighted by Crippen LogP contribution is 2.46. The minimum absolute atomic E-state index is 0.213. The van der Waals surface area contributed by atoms with E-state index in [0.717, 1.165) is 27.8 Å². The maximum atomic E-state index is 11.3. The molecule has 2 aliphatic carbocycles. The van der Waals surface area contributed by atoms with Gasteiger partial charge in [0.15, 0.2) is 0 Å². The molecule has 2 saturated carbocycles. The molecule has 3 aromatic rings. The normalized spacial score (nSPS) is 17.5. The van der Waals surface area contributed by atoms with E-state index in [0.29, 0.717) is 11.8 Å². The van der Waals surface area contributed by atoms with Crippen LogP contribution in [0.25, 0.3) is 0 Å². The van der Waals surface area contributed by atoms with Gasteiger partial charge in [0.2, 0.25) is 0 Å². The summed E-state index contributed by atoms with van der Waals surface area (Å²) in [6.45, 7) is 4.21. The Bertz CT molecular complexity index is 1130. The third-order valence-corrected chi connectivity index (χ3v) is 8.77. The van der Waals surface area contributed by atoms with Gasteiger partial charge >= 0.3 is 0 Å². The lowest BCUT2D eigenvalue weighted by Gasteiger charge is -2.29. The van der Waals surface area contributed by atoms with Crippen LogP contribution >= 0.6 is 0 Å². The minimum atomic E-state index is -0.323. The van der Waals surface area contributed by atoms with Gasteiger partial charge in [0.1, 0.15) is 17.2 Å². The van der Waals surface area contributed by atoms with Gasteiger partial charge in [-0.1, -0.05) is 62.8 Å². The highest BCUT2D eigenvalue weighted by molar-refractivity contribution is 5.57. The predicted molar refractivity (Wildman–Crippen MR) is 146 cm³/mol. The van der Waals surface area contributed by atoms with Crippen molar-refractivity contribution in [2.45, 2.75) is 95.8 Å². The average molecular weight is 485 g/mol. The summed E-state index contributed by atoms with van der Waals surface area (Å²) >= 11 is 0. The van der Waals surface area contributed by atoms with Gasteiger partial charge in [-0.25, -0.2) is 0 Å². The van der Waals surface area contributed by atoms with E-state index in [1.54, 1.807) is 12.1 Å². The van der Waals surface area contributed by atoms with Crippen molar-refractivity contribution in [1.29, 1.82) is 0 Å². The van der Waals surface area contributed by atoms with E-state index < -0.39 is 0 Å². The van der Waals surface area contributed by atoms with E-state index in [9.17, 15) is 15.3 Å². The Hall–Kier alpha value is -2.94. The zero-order chi connectivity index (χ0) is 25.2. The molecular weight excluding hydrogens is 444 g/mol. The second kappa shape index (κ2) is 10.6. The topological polar surface area (TPSA) is 60.7 Å². The summed E-state index contributed by atoms with van der Waals surface area (Å²) in [7, 11) is 0. The van der Waals surface area contributed by atoms with Crippen LogP contribution in [0.5, 0.6) is 17.2 Å². The Balaban J connectivity index is 1.67. The maximum Gasteiger partial charge on any atom is 0.120 e. The fourth-order valence-electron chi connectivity index (χ4n) is 6.82. The molecule has 0 unspecified atom stereocenters. The third kappa shape index (κ3) is 4.98. The van der Waals surface area contributed by atoms with Crippen molar-refractivity contribution in [2.75, 3.05) is 0 Å². The summed E-state index contributed by atoms with van der Waals surface area (Å²) in [5, 5.41) is 32.6. The zero-order valence-corrected chi connectivity index (χ0v) is 21.8. The van der Waals surface area contributed by atoms with E-state index in [2.05, 4.69) is 26.0 Å². The number of hydrogen-bond donors (Lipinski definition) is 3. The van der Waals surface area contributed by atoms with Crippen LogP contribution in [-0.2, 0) is 0 Å². The zero-order valence-electron chi connectivity index (χ0n) is 21.8. The monoisotopic (exact) mass is 484 g/mol. The molecule has 0 bridgehead atoms. The van der Waals surface area contributed by atoms with Crippen molar-refractivity contribution in [3.05, 3.63) is 87.5 Å². The molecule has 0 aromatic heterocycles. The number of phenols is 3. The molecule has 0 atom stereocenters. The van der Waals surface area contributed by atoms with Crippen molar-refractivity contribution >= 4 is 0 Å². The van der Waals surface area contributed by atoms with Gasteiger partial charge in [-0.3, -0.25) is 0 Å². The Morgan fingerprint density at radius 1 is 0.583 bits per heavy atom. The quantitative estimate of drug-likeness (QED) is 0.317. The van der Waals surface area contributed by atoms with Crippen LogP contribution in [-0.4, -0.2) is 15.3 Å². The summed E-state index contributed by atoms with van der Waals surface area (Å²) in [4.78, 5) is 0. The van der Waals surface area contributed by atoms with Gasteiger partial charge in [0.25, 0.3) is 0 Å². The van der Waals surface area contributed by atoms with Gasteiger partial charge < -0.3 is 15.3 Å². The molecule has 5 rings (SSSR count). The molecule has 0 amide bonds. The summed E-state index contributed by atoms with van der Waals surface area (Å²) in [6.07, 6.45) is 12.4. The van der Waals surface area contributed by atoms with E-state index in [-0.39, 0.29) is 23.2 Å². The molecule has 2 aliphatic rings. The molecule has 3 aromatic carbocycles. The van der Waals surface area contributed by atoms with Crippen LogP contribution < -0.4 is 0 Å². The fraction of sp³-hybridized carbons (Fsp3) is 0.455. The highest BCUT2D eigenvalue weighted by Gasteiger charge is 2.28. The average Bonchev–Trinajstić information content (AvgIpc) is 2.88. The molecular formula is C33H40O3. The Kier molecular flexibility index (Phi) is 7.27. The summed E-state index contributed by atoms with van der Waals surface area (Å²) in [6, 6.07) is 15.5. The van der Waals surface area contributed by atoms with Gasteiger partial charge in [0, 0.05) is 17.0 Å². The van der Waals surface area contributed by atoms with Crippen LogP contribution in [0.15, 0.2) is 48.5 Å². The highest BCUT2D eigenvalue weighted by atomic mass is 16.3. The third-order valence-electron chi connectivity index (χ3n) is 8.77. The molecule has 36 heavy (non-hydrogen) atoms. The first-order valence-corrected chi connectivity index (χ1v) is 13.9. The first-order valence-electron chi connectivity index (χ1n) is 13.9. The first kappa shape index (κ1) is 24.7. The van der Waals surface area contributed by atoms with Crippen LogP contribution in [0.2, 0.25) is 0 Å². The molecule has 0 spiro atoms. The van der Waals surface area contributed by atoms with Crippen LogP contribution in [0.4, 0.5) is 0 Å². The lowest BCUT2D eigenvalue weighted by Crippen LogP contribution is -2.11. The van der Waals surface area contributed by atoms with E-state index in [1.807, 2.05) is 24.3 Å². The number of phenolic OH excluding ortho intramolecular Hbond substituents is 3. The minimum Gasteiger partial charge on any atom is -0.508 e. The van der Waals surface area contributed by atoms with Gasteiger partial charge in [-0.05, 0) is 103 Å². The van der Waals surface area contributed by atoms with Crippen LogP contribution in [0, 0.1) is 13.8 Å².